The van der Waals surface area contributed by atoms with E-state index in [9.17, 15) is 4.79 Å². The van der Waals surface area contributed by atoms with E-state index in [0.717, 1.165) is 12.1 Å². The number of hydrogen-bond acceptors (Lipinski definition) is 1. The predicted octanol–water partition coefficient (Wildman–Crippen LogP) is 3.59. The summed E-state index contributed by atoms with van der Waals surface area (Å²) >= 11 is 0. The van der Waals surface area contributed by atoms with E-state index in [1.54, 1.807) is 12.1 Å². The van der Waals surface area contributed by atoms with Gasteiger partial charge in [0.2, 0.25) is 5.69 Å². The average Bonchev–Trinajstić information content (AvgIpc) is 2.71. The number of para-hydroxylation sites is 1. The SMILES string of the molecule is CC1(C)C=[N+](Cc2ccc(C(=O)O)cc2)c2ccccc21. The molecule has 1 aliphatic heterocycles. The van der Waals surface area contributed by atoms with E-state index >= 15 is 0 Å². The molecule has 0 aromatic heterocycles. The highest BCUT2D eigenvalue weighted by molar-refractivity contribution is 5.87. The Morgan fingerprint density at radius 1 is 1.10 bits per heavy atom. The Labute approximate surface area is 124 Å². The highest BCUT2D eigenvalue weighted by Crippen LogP contribution is 2.36. The minimum Gasteiger partial charge on any atom is -0.478 e. The maximum Gasteiger partial charge on any atom is 0.335 e. The molecule has 0 radical (unpaired) electrons. The molecule has 0 aliphatic carbocycles. The molecule has 0 saturated heterocycles. The fraction of sp³-hybridized carbons (Fsp3) is 0.222. The van der Waals surface area contributed by atoms with E-state index < -0.39 is 5.97 Å². The van der Waals surface area contributed by atoms with Crippen LogP contribution in [0.1, 0.15) is 35.3 Å². The molecule has 1 N–H and O–H groups in total. The first-order valence-electron chi connectivity index (χ1n) is 7.02. The lowest BCUT2D eigenvalue weighted by molar-refractivity contribution is -0.450. The van der Waals surface area contributed by atoms with Crippen LogP contribution in [0.3, 0.4) is 0 Å². The van der Waals surface area contributed by atoms with E-state index in [1.807, 2.05) is 12.1 Å². The van der Waals surface area contributed by atoms with Crippen LogP contribution in [0.2, 0.25) is 0 Å². The highest BCUT2D eigenvalue weighted by Gasteiger charge is 2.36. The van der Waals surface area contributed by atoms with Gasteiger partial charge in [-0.25, -0.2) is 4.79 Å². The molecule has 3 rings (SSSR count). The molecule has 2 aromatic rings. The minimum absolute atomic E-state index is 0.0254. The first-order chi connectivity index (χ1) is 9.97. The first kappa shape index (κ1) is 13.6. The van der Waals surface area contributed by atoms with E-state index in [2.05, 4.69) is 48.9 Å². The van der Waals surface area contributed by atoms with Crippen molar-refractivity contribution in [1.29, 1.82) is 0 Å². The largest absolute Gasteiger partial charge is 0.478 e. The van der Waals surface area contributed by atoms with Crippen molar-refractivity contribution >= 4 is 17.9 Å². The lowest BCUT2D eigenvalue weighted by atomic mass is 9.87. The van der Waals surface area contributed by atoms with Crippen molar-refractivity contribution in [2.24, 2.45) is 0 Å². The van der Waals surface area contributed by atoms with Crippen LogP contribution in [0.15, 0.2) is 48.5 Å². The molecular weight excluding hydrogens is 262 g/mol. The Kier molecular flexibility index (Phi) is 3.13. The summed E-state index contributed by atoms with van der Waals surface area (Å²) < 4.78 is 2.24. The van der Waals surface area contributed by atoms with Crippen molar-refractivity contribution in [2.75, 3.05) is 0 Å². The van der Waals surface area contributed by atoms with Gasteiger partial charge in [0.1, 0.15) is 0 Å². The smallest absolute Gasteiger partial charge is 0.335 e. The van der Waals surface area contributed by atoms with Crippen molar-refractivity contribution in [1.82, 2.24) is 0 Å². The summed E-state index contributed by atoms with van der Waals surface area (Å²) in [5, 5.41) is 8.94. The van der Waals surface area contributed by atoms with Crippen molar-refractivity contribution in [2.45, 2.75) is 25.8 Å². The molecule has 0 unspecified atom stereocenters. The van der Waals surface area contributed by atoms with Crippen molar-refractivity contribution in [3.63, 3.8) is 0 Å². The summed E-state index contributed by atoms with van der Waals surface area (Å²) in [7, 11) is 0. The zero-order valence-corrected chi connectivity index (χ0v) is 12.2. The third-order valence-corrected chi connectivity index (χ3v) is 3.94. The summed E-state index contributed by atoms with van der Waals surface area (Å²) in [5.41, 5.74) is 4.00. The third-order valence-electron chi connectivity index (χ3n) is 3.94. The molecule has 2 aromatic carbocycles. The van der Waals surface area contributed by atoms with E-state index in [0.29, 0.717) is 5.56 Å². The van der Waals surface area contributed by atoms with Crippen LogP contribution in [-0.4, -0.2) is 21.9 Å². The highest BCUT2D eigenvalue weighted by atomic mass is 16.4. The normalized spacial score (nSPS) is 15.4. The molecule has 3 nitrogen and oxygen atoms in total. The predicted molar refractivity (Wildman–Crippen MR) is 82.6 cm³/mol. The molecule has 0 bridgehead atoms. The molecule has 0 atom stereocenters. The van der Waals surface area contributed by atoms with Gasteiger partial charge in [-0.15, -0.1) is 0 Å². The number of benzene rings is 2. The van der Waals surface area contributed by atoms with Gasteiger partial charge in [-0.3, -0.25) is 0 Å². The van der Waals surface area contributed by atoms with Crippen molar-refractivity contribution < 1.29 is 14.5 Å². The summed E-state index contributed by atoms with van der Waals surface area (Å²) in [4.78, 5) is 10.9. The van der Waals surface area contributed by atoms with Gasteiger partial charge in [-0.2, -0.15) is 4.58 Å². The Morgan fingerprint density at radius 2 is 1.76 bits per heavy atom. The maximum absolute atomic E-state index is 10.9. The van der Waals surface area contributed by atoms with Crippen molar-refractivity contribution in [3.05, 3.63) is 65.2 Å². The number of carboxylic acid groups (broad SMARTS) is 1. The van der Waals surface area contributed by atoms with Gasteiger partial charge < -0.3 is 5.11 Å². The van der Waals surface area contributed by atoms with Crippen LogP contribution in [0.4, 0.5) is 5.69 Å². The van der Waals surface area contributed by atoms with Crippen LogP contribution >= 0.6 is 0 Å². The van der Waals surface area contributed by atoms with Crippen LogP contribution in [0, 0.1) is 0 Å². The quantitative estimate of drug-likeness (QED) is 0.873. The Hall–Kier alpha value is -2.42. The first-order valence-corrected chi connectivity index (χ1v) is 7.02. The molecule has 1 heterocycles. The summed E-state index contributed by atoms with van der Waals surface area (Å²) in [6.45, 7) is 5.17. The number of nitrogens with zero attached hydrogens (tertiary/aromatic N) is 1. The standard InChI is InChI=1S/C18H17NO2/c1-18(2)12-19(16-6-4-3-5-15(16)18)11-13-7-9-14(10-8-13)17(20)21/h3-10,12H,11H2,1-2H3/p+1. The van der Waals surface area contributed by atoms with Gasteiger partial charge >= 0.3 is 5.97 Å². The van der Waals surface area contributed by atoms with Crippen molar-refractivity contribution in [3.8, 4) is 0 Å². The van der Waals surface area contributed by atoms with Gasteiger partial charge in [0.05, 0.1) is 11.0 Å². The molecule has 0 spiro atoms. The lowest BCUT2D eigenvalue weighted by Gasteiger charge is -2.09. The van der Waals surface area contributed by atoms with Gasteiger partial charge in [0.15, 0.2) is 12.8 Å². The number of aromatic carboxylic acids is 1. The monoisotopic (exact) mass is 280 g/mol. The molecular formula is C18H18NO2+. The second-order valence-corrected chi connectivity index (χ2v) is 6.00. The maximum atomic E-state index is 10.9. The van der Waals surface area contributed by atoms with E-state index in [1.165, 1.54) is 11.3 Å². The van der Waals surface area contributed by atoms with Crippen LogP contribution in [0.25, 0.3) is 0 Å². The zero-order chi connectivity index (χ0) is 15.0. The van der Waals surface area contributed by atoms with Crippen LogP contribution in [-0.2, 0) is 12.0 Å². The van der Waals surface area contributed by atoms with Gasteiger partial charge in [0.25, 0.3) is 0 Å². The van der Waals surface area contributed by atoms with E-state index in [-0.39, 0.29) is 5.41 Å². The average molecular weight is 280 g/mol. The molecule has 1 aliphatic rings. The molecule has 0 amide bonds. The fourth-order valence-electron chi connectivity index (χ4n) is 2.88. The zero-order valence-electron chi connectivity index (χ0n) is 12.2. The third kappa shape index (κ3) is 2.47. The number of hydrogen-bond donors (Lipinski definition) is 1. The summed E-state index contributed by atoms with van der Waals surface area (Å²) in [5.74, 6) is -0.888. The van der Waals surface area contributed by atoms with E-state index in [4.69, 9.17) is 5.11 Å². The molecule has 106 valence electrons. The molecule has 0 saturated carbocycles. The lowest BCUT2D eigenvalue weighted by Crippen LogP contribution is -2.16. The molecule has 21 heavy (non-hydrogen) atoms. The Bertz CT molecular complexity index is 727. The van der Waals surface area contributed by atoms with Crippen LogP contribution < -0.4 is 0 Å². The molecule has 3 heteroatoms. The minimum atomic E-state index is -0.888. The van der Waals surface area contributed by atoms with Gasteiger partial charge in [-0.05, 0) is 26.0 Å². The number of fused-ring (bicyclic) bond motifs is 1. The Balaban J connectivity index is 1.91. The second kappa shape index (κ2) is 4.85. The number of carbonyl (C=O) groups is 1. The summed E-state index contributed by atoms with van der Waals surface area (Å²) in [6.07, 6.45) is 2.24. The Morgan fingerprint density at radius 3 is 2.43 bits per heavy atom. The van der Waals surface area contributed by atoms with Gasteiger partial charge in [0, 0.05) is 17.2 Å². The van der Waals surface area contributed by atoms with Crippen LogP contribution in [0.5, 0.6) is 0 Å². The number of rotatable bonds is 3. The van der Waals surface area contributed by atoms with Gasteiger partial charge in [-0.1, -0.05) is 30.3 Å². The fourth-order valence-corrected chi connectivity index (χ4v) is 2.88. The number of carboxylic acids is 1. The second-order valence-electron chi connectivity index (χ2n) is 6.00. The topological polar surface area (TPSA) is 40.3 Å². The molecule has 0 fully saturated rings. The summed E-state index contributed by atoms with van der Waals surface area (Å²) in [6, 6.07) is 15.5.